The third kappa shape index (κ3) is 7.49. The van der Waals surface area contributed by atoms with Gasteiger partial charge in [0, 0.05) is 81.9 Å². The number of anilines is 10. The fourth-order valence-electron chi connectivity index (χ4n) is 18.3. The quantitative estimate of drug-likeness (QED) is 0.164. The van der Waals surface area contributed by atoms with Crippen LogP contribution < -0.4 is 36.0 Å². The third-order valence-corrected chi connectivity index (χ3v) is 24.7. The molecule has 6 aliphatic rings. The molecule has 89 heavy (non-hydrogen) atoms. The molecular weight excluding hydrogens is 1100 g/mol. The predicted octanol–water partition coefficient (Wildman–Crippen LogP) is 21.4. The number of furan rings is 1. The van der Waals surface area contributed by atoms with E-state index in [0.717, 1.165) is 46.9 Å². The third-order valence-electron chi connectivity index (χ3n) is 23.6. The smallest absolute Gasteiger partial charge is 0.252 e. The van der Waals surface area contributed by atoms with Gasteiger partial charge in [0.25, 0.3) is 6.71 Å². The van der Waals surface area contributed by atoms with Gasteiger partial charge in [0.15, 0.2) is 0 Å². The molecule has 0 saturated heterocycles. The van der Waals surface area contributed by atoms with Crippen LogP contribution in [0.15, 0.2) is 174 Å². The maximum atomic E-state index is 6.86. The van der Waals surface area contributed by atoms with Gasteiger partial charge in [0.1, 0.15) is 11.2 Å². The zero-order valence-electron chi connectivity index (χ0n) is 54.5. The van der Waals surface area contributed by atoms with Crippen LogP contribution in [0, 0.1) is 0 Å². The van der Waals surface area contributed by atoms with Crippen LogP contribution in [-0.2, 0) is 27.1 Å². The van der Waals surface area contributed by atoms with Crippen molar-refractivity contribution in [1.29, 1.82) is 0 Å². The van der Waals surface area contributed by atoms with Crippen molar-refractivity contribution in [3.63, 3.8) is 0 Å². The Labute approximate surface area is 531 Å². The van der Waals surface area contributed by atoms with E-state index >= 15 is 0 Å². The van der Waals surface area contributed by atoms with Gasteiger partial charge in [0.05, 0.1) is 27.8 Å². The summed E-state index contributed by atoms with van der Waals surface area (Å²) in [6.45, 7) is 31.7. The highest BCUT2D eigenvalue weighted by atomic mass is 32.1. The summed E-state index contributed by atoms with van der Waals surface area (Å²) in [5.74, 6) is 0. The summed E-state index contributed by atoms with van der Waals surface area (Å²) in [4.78, 5) is 11.1. The van der Waals surface area contributed by atoms with Gasteiger partial charge in [-0.25, -0.2) is 0 Å². The first-order valence-electron chi connectivity index (χ1n) is 33.3. The highest BCUT2D eigenvalue weighted by molar-refractivity contribution is 7.26. The minimum absolute atomic E-state index is 0.00605. The second-order valence-corrected chi connectivity index (χ2v) is 32.6. The second-order valence-electron chi connectivity index (χ2n) is 31.5. The summed E-state index contributed by atoms with van der Waals surface area (Å²) in [5, 5.41) is 4.87. The number of thiophene rings is 1. The zero-order chi connectivity index (χ0) is 61.3. The topological polar surface area (TPSA) is 26.1 Å². The first-order chi connectivity index (χ1) is 42.5. The van der Waals surface area contributed by atoms with E-state index in [0.29, 0.717) is 0 Å². The molecule has 0 amide bonds. The lowest BCUT2D eigenvalue weighted by atomic mass is 9.33. The molecule has 0 N–H and O–H groups in total. The van der Waals surface area contributed by atoms with E-state index < -0.39 is 0 Å². The highest BCUT2D eigenvalue weighted by Gasteiger charge is 2.60. The summed E-state index contributed by atoms with van der Waals surface area (Å²) in [6.07, 6.45) is 9.43. The molecule has 9 aromatic carbocycles. The van der Waals surface area contributed by atoms with Crippen LogP contribution in [-0.4, -0.2) is 17.8 Å². The van der Waals surface area contributed by atoms with Crippen molar-refractivity contribution < 1.29 is 4.42 Å². The summed E-state index contributed by atoms with van der Waals surface area (Å²) in [5.41, 5.74) is 24.9. The number of para-hydroxylation sites is 1. The maximum Gasteiger partial charge on any atom is 0.252 e. The lowest BCUT2D eigenvalue weighted by molar-refractivity contribution is 0.195. The van der Waals surface area contributed by atoms with Crippen molar-refractivity contribution in [2.45, 2.75) is 180 Å². The van der Waals surface area contributed by atoms with Crippen LogP contribution in [0.3, 0.4) is 0 Å². The minimum atomic E-state index is -0.214. The van der Waals surface area contributed by atoms with Gasteiger partial charge in [-0.05, 0) is 179 Å². The zero-order valence-corrected chi connectivity index (χ0v) is 55.3. The van der Waals surface area contributed by atoms with E-state index in [1.807, 2.05) is 11.3 Å². The number of benzene rings is 9. The molecule has 446 valence electrons. The maximum absolute atomic E-state index is 6.86. The largest absolute Gasteiger partial charge is 0.456 e. The molecule has 0 bridgehead atoms. The van der Waals surface area contributed by atoms with E-state index in [1.54, 1.807) is 0 Å². The Morgan fingerprint density at radius 1 is 0.393 bits per heavy atom. The van der Waals surface area contributed by atoms with Crippen molar-refractivity contribution in [2.24, 2.45) is 0 Å². The fraction of sp³-hybridized carbons (Fsp3) is 0.341. The van der Waals surface area contributed by atoms with Crippen LogP contribution in [0.5, 0.6) is 0 Å². The minimum Gasteiger partial charge on any atom is -0.456 e. The van der Waals surface area contributed by atoms with Gasteiger partial charge < -0.3 is 24.0 Å². The van der Waals surface area contributed by atoms with Crippen LogP contribution >= 0.6 is 11.3 Å². The van der Waals surface area contributed by atoms with E-state index in [2.05, 4.69) is 279 Å². The summed E-state index contributed by atoms with van der Waals surface area (Å²) >= 11 is 1.92. The Bertz CT molecular complexity index is 4830. The molecule has 2 aliphatic carbocycles. The Kier molecular flexibility index (Phi) is 11.5. The first kappa shape index (κ1) is 55.3. The molecular formula is C82H83BN4OS. The Hall–Kier alpha value is -7.74. The van der Waals surface area contributed by atoms with Gasteiger partial charge in [-0.15, -0.1) is 11.3 Å². The monoisotopic (exact) mass is 1180 g/mol. The number of hydrogen-bond acceptors (Lipinski definition) is 6. The second kappa shape index (κ2) is 18.5. The summed E-state index contributed by atoms with van der Waals surface area (Å²) in [7, 11) is 0. The van der Waals surface area contributed by atoms with E-state index in [-0.39, 0.29) is 44.9 Å². The van der Waals surface area contributed by atoms with Crippen molar-refractivity contribution >= 4 is 133 Å². The molecule has 17 rings (SSSR count). The lowest BCUT2D eigenvalue weighted by Gasteiger charge is -2.51. The molecule has 2 fully saturated rings. The van der Waals surface area contributed by atoms with Crippen molar-refractivity contribution in [1.82, 2.24) is 0 Å². The predicted molar refractivity (Wildman–Crippen MR) is 382 cm³/mol. The van der Waals surface area contributed by atoms with E-state index in [4.69, 9.17) is 4.42 Å². The fourth-order valence-corrected chi connectivity index (χ4v) is 19.4. The summed E-state index contributed by atoms with van der Waals surface area (Å²) < 4.78 is 9.47. The lowest BCUT2D eigenvalue weighted by Crippen LogP contribution is -2.61. The van der Waals surface area contributed by atoms with Crippen LogP contribution in [0.25, 0.3) is 42.1 Å². The number of rotatable bonds is 4. The van der Waals surface area contributed by atoms with Crippen molar-refractivity contribution in [2.75, 3.05) is 19.6 Å². The molecule has 7 heteroatoms. The Morgan fingerprint density at radius 2 is 0.865 bits per heavy atom. The molecule has 2 aromatic heterocycles. The molecule has 0 spiro atoms. The molecule has 4 atom stereocenters. The summed E-state index contributed by atoms with van der Waals surface area (Å²) in [6, 6.07) is 67.3. The highest BCUT2D eigenvalue weighted by Crippen LogP contribution is 2.65. The molecule has 11 aromatic rings. The Balaban J connectivity index is 1.02. The van der Waals surface area contributed by atoms with Gasteiger partial charge in [-0.1, -0.05) is 193 Å². The molecule has 5 nitrogen and oxygen atoms in total. The molecule has 0 radical (unpaired) electrons. The van der Waals surface area contributed by atoms with Crippen LogP contribution in [0.2, 0.25) is 0 Å². The van der Waals surface area contributed by atoms with E-state index in [9.17, 15) is 0 Å². The average Bonchev–Trinajstić information content (AvgIpc) is 1.68. The van der Waals surface area contributed by atoms with Gasteiger partial charge in [-0.3, -0.25) is 0 Å². The molecule has 4 aliphatic heterocycles. The standard InChI is InChI=1S/C82H83BN4OS/c1-76(2,3)50-33-38-61-57(44-50)79(10)40-18-20-42-81(79,12)86(61)53-35-37-60-66(47-53)85(64-27-23-31-72-74(64)56-25-15-17-30-71(56)89-72)68-49-54(87-62-39-34-51(77(4,5)6)45-58(62)80(11)41-19-21-43-82(80,87)13)48-67-75(68)83(60)59-36-32-52(78(7,8)9)46-65(59)84(67)63-26-22-29-70-73(63)55-24-14-16-28-69(55)88-70/h14-17,22-39,44-49H,18-21,40-43H2,1-13H3. The number of fused-ring (bicyclic) bond motifs is 16. The van der Waals surface area contributed by atoms with Crippen LogP contribution in [0.4, 0.5) is 56.9 Å². The van der Waals surface area contributed by atoms with Crippen LogP contribution in [0.1, 0.15) is 169 Å². The van der Waals surface area contributed by atoms with Gasteiger partial charge >= 0.3 is 0 Å². The molecule has 2 saturated carbocycles. The SMILES string of the molecule is CC(C)(C)c1ccc2c(c1)N(c1cccc3oc4ccccc4c13)c1cc(N3c4ccc(C(C)(C)C)cc4C4(C)CCCCC34C)cc3c1B2c1ccc(N2c4ccc(C(C)(C)C)cc4C4(C)CCCCC24C)cc1N3c1cccc2sc3ccccc3c12. The van der Waals surface area contributed by atoms with Crippen molar-refractivity contribution in [3.8, 4) is 0 Å². The van der Waals surface area contributed by atoms with Crippen molar-refractivity contribution in [3.05, 3.63) is 198 Å². The van der Waals surface area contributed by atoms with Gasteiger partial charge in [-0.2, -0.15) is 0 Å². The van der Waals surface area contributed by atoms with E-state index in [1.165, 1.54) is 148 Å². The normalized spacial score (nSPS) is 22.8. The molecule has 6 heterocycles. The Morgan fingerprint density at radius 3 is 1.48 bits per heavy atom. The molecule has 4 unspecified atom stereocenters. The average molecular weight is 1180 g/mol. The first-order valence-corrected chi connectivity index (χ1v) is 34.1. The number of nitrogens with zero attached hydrogens (tertiary/aromatic N) is 4. The number of hydrogen-bond donors (Lipinski definition) is 0. The van der Waals surface area contributed by atoms with Gasteiger partial charge in [0.2, 0.25) is 0 Å².